The minimum absolute atomic E-state index is 0.460. The summed E-state index contributed by atoms with van der Waals surface area (Å²) in [5, 5.41) is 4.91. The predicted octanol–water partition coefficient (Wildman–Crippen LogP) is 15.4. The Hall–Kier alpha value is -7.94. The molecular weight excluding hydrogens is 737 g/mol. The molecule has 0 amide bonds. The topological polar surface area (TPSA) is 8.17 Å². The number of hydrogen-bond donors (Lipinski definition) is 0. The zero-order valence-corrected chi connectivity index (χ0v) is 33.5. The summed E-state index contributed by atoms with van der Waals surface area (Å²) < 4.78 is 2.41. The fourth-order valence-electron chi connectivity index (χ4n) is 10.1. The van der Waals surface area contributed by atoms with Crippen LogP contribution in [0.15, 0.2) is 243 Å². The molecule has 10 aromatic carbocycles. The minimum atomic E-state index is -0.460. The van der Waals surface area contributed by atoms with Gasteiger partial charge in [0.15, 0.2) is 0 Å². The molecular formula is C59H40N2. The first-order chi connectivity index (χ1) is 30.3. The van der Waals surface area contributed by atoms with Crippen molar-refractivity contribution in [1.82, 2.24) is 4.57 Å². The van der Waals surface area contributed by atoms with Crippen LogP contribution in [-0.2, 0) is 5.41 Å². The molecule has 0 bridgehead atoms. The predicted molar refractivity (Wildman–Crippen MR) is 256 cm³/mol. The van der Waals surface area contributed by atoms with E-state index in [0.29, 0.717) is 0 Å². The van der Waals surface area contributed by atoms with Gasteiger partial charge in [0.1, 0.15) is 0 Å². The van der Waals surface area contributed by atoms with Crippen molar-refractivity contribution in [3.63, 3.8) is 0 Å². The maximum absolute atomic E-state index is 2.41. The van der Waals surface area contributed by atoms with E-state index in [1.165, 1.54) is 77.1 Å². The van der Waals surface area contributed by atoms with Crippen molar-refractivity contribution in [2.75, 3.05) is 4.90 Å². The molecule has 0 radical (unpaired) electrons. The molecule has 0 unspecified atom stereocenters. The van der Waals surface area contributed by atoms with Crippen LogP contribution in [0.3, 0.4) is 0 Å². The molecule has 61 heavy (non-hydrogen) atoms. The van der Waals surface area contributed by atoms with E-state index in [1.54, 1.807) is 0 Å². The first-order valence-corrected chi connectivity index (χ1v) is 21.1. The van der Waals surface area contributed by atoms with Crippen LogP contribution >= 0.6 is 0 Å². The Morgan fingerprint density at radius 1 is 0.328 bits per heavy atom. The van der Waals surface area contributed by atoms with Crippen molar-refractivity contribution in [2.24, 2.45) is 0 Å². The number of fused-ring (bicyclic) bond motifs is 7. The molecule has 286 valence electrons. The van der Waals surface area contributed by atoms with Gasteiger partial charge in [0, 0.05) is 33.5 Å². The van der Waals surface area contributed by atoms with E-state index in [0.717, 1.165) is 22.7 Å². The Morgan fingerprint density at radius 2 is 0.852 bits per heavy atom. The molecule has 0 aliphatic heterocycles. The Morgan fingerprint density at radius 3 is 1.57 bits per heavy atom. The van der Waals surface area contributed by atoms with Gasteiger partial charge in [-0.3, -0.25) is 0 Å². The Kier molecular flexibility index (Phi) is 8.11. The standard InChI is InChI=1S/C59H40N2/c1-3-15-41(16-4-1)43-27-32-47(33-28-43)60(50-37-38-58-54(40-50)53-23-11-14-26-57(53)61(58)49-34-29-42-17-7-8-18-44(42)39-49)48-35-30-46(31-36-48)59(45-19-5-2-6-20-45)55-24-12-9-21-51(55)52-22-10-13-25-56(52)59/h1-40H. The van der Waals surface area contributed by atoms with Crippen LogP contribution in [0.4, 0.5) is 17.1 Å². The lowest BCUT2D eigenvalue weighted by Gasteiger charge is -2.34. The fourth-order valence-corrected chi connectivity index (χ4v) is 10.1. The molecule has 12 rings (SSSR count). The van der Waals surface area contributed by atoms with Crippen molar-refractivity contribution in [3.05, 3.63) is 265 Å². The third kappa shape index (κ3) is 5.50. The average molecular weight is 777 g/mol. The van der Waals surface area contributed by atoms with E-state index >= 15 is 0 Å². The van der Waals surface area contributed by atoms with Crippen LogP contribution in [0.25, 0.3) is 60.5 Å². The number of benzene rings is 10. The second-order valence-electron chi connectivity index (χ2n) is 16.1. The maximum Gasteiger partial charge on any atom is 0.0713 e. The molecule has 1 heterocycles. The second kappa shape index (κ2) is 14.1. The molecule has 2 nitrogen and oxygen atoms in total. The van der Waals surface area contributed by atoms with Crippen molar-refractivity contribution >= 4 is 49.6 Å². The smallest absolute Gasteiger partial charge is 0.0713 e. The van der Waals surface area contributed by atoms with Gasteiger partial charge >= 0.3 is 0 Å². The van der Waals surface area contributed by atoms with Gasteiger partial charge in [-0.1, -0.05) is 182 Å². The summed E-state index contributed by atoms with van der Waals surface area (Å²) >= 11 is 0. The highest BCUT2D eigenvalue weighted by Crippen LogP contribution is 2.56. The number of aromatic nitrogens is 1. The van der Waals surface area contributed by atoms with Crippen LogP contribution in [0.1, 0.15) is 22.3 Å². The molecule has 1 aromatic heterocycles. The van der Waals surface area contributed by atoms with E-state index in [1.807, 2.05) is 0 Å². The second-order valence-corrected chi connectivity index (χ2v) is 16.1. The number of hydrogen-bond acceptors (Lipinski definition) is 1. The monoisotopic (exact) mass is 776 g/mol. The highest BCUT2D eigenvalue weighted by molar-refractivity contribution is 6.11. The number of para-hydroxylation sites is 1. The van der Waals surface area contributed by atoms with Crippen LogP contribution in [0.5, 0.6) is 0 Å². The van der Waals surface area contributed by atoms with Crippen LogP contribution in [-0.4, -0.2) is 4.57 Å². The highest BCUT2D eigenvalue weighted by Gasteiger charge is 2.45. The number of anilines is 3. The fraction of sp³-hybridized carbons (Fsp3) is 0.0169. The molecule has 11 aromatic rings. The van der Waals surface area contributed by atoms with E-state index in [4.69, 9.17) is 0 Å². The summed E-state index contributed by atoms with van der Waals surface area (Å²) in [6.07, 6.45) is 0. The van der Waals surface area contributed by atoms with Crippen LogP contribution in [0, 0.1) is 0 Å². The van der Waals surface area contributed by atoms with Crippen molar-refractivity contribution < 1.29 is 0 Å². The van der Waals surface area contributed by atoms with Crippen LogP contribution < -0.4 is 4.90 Å². The van der Waals surface area contributed by atoms with Gasteiger partial charge in [-0.25, -0.2) is 0 Å². The summed E-state index contributed by atoms with van der Waals surface area (Å²) in [6.45, 7) is 0. The highest BCUT2D eigenvalue weighted by atomic mass is 15.1. The summed E-state index contributed by atoms with van der Waals surface area (Å²) in [6, 6.07) is 89.0. The first-order valence-electron chi connectivity index (χ1n) is 21.1. The molecule has 0 N–H and O–H groups in total. The maximum atomic E-state index is 2.41. The third-order valence-electron chi connectivity index (χ3n) is 12.9. The van der Waals surface area contributed by atoms with Crippen molar-refractivity contribution in [3.8, 4) is 27.9 Å². The van der Waals surface area contributed by atoms with Gasteiger partial charge in [0.2, 0.25) is 0 Å². The zero-order valence-electron chi connectivity index (χ0n) is 33.5. The molecule has 0 fully saturated rings. The Balaban J connectivity index is 1.04. The van der Waals surface area contributed by atoms with Gasteiger partial charge in [-0.05, 0) is 116 Å². The lowest BCUT2D eigenvalue weighted by atomic mass is 9.68. The van der Waals surface area contributed by atoms with Gasteiger partial charge < -0.3 is 9.47 Å². The lowest BCUT2D eigenvalue weighted by molar-refractivity contribution is 0.768. The molecule has 2 heteroatoms. The van der Waals surface area contributed by atoms with E-state index in [9.17, 15) is 0 Å². The minimum Gasteiger partial charge on any atom is -0.310 e. The van der Waals surface area contributed by atoms with Crippen molar-refractivity contribution in [2.45, 2.75) is 5.41 Å². The Labute approximate surface area is 355 Å². The number of nitrogens with zero attached hydrogens (tertiary/aromatic N) is 2. The molecule has 0 spiro atoms. The van der Waals surface area contributed by atoms with Gasteiger partial charge in [-0.15, -0.1) is 0 Å². The van der Waals surface area contributed by atoms with Crippen LogP contribution in [0.2, 0.25) is 0 Å². The summed E-state index contributed by atoms with van der Waals surface area (Å²) in [7, 11) is 0. The number of rotatable bonds is 7. The summed E-state index contributed by atoms with van der Waals surface area (Å²) in [4.78, 5) is 2.41. The lowest BCUT2D eigenvalue weighted by Crippen LogP contribution is -2.28. The van der Waals surface area contributed by atoms with E-state index < -0.39 is 5.41 Å². The largest absolute Gasteiger partial charge is 0.310 e. The Bertz CT molecular complexity index is 3350. The van der Waals surface area contributed by atoms with E-state index in [2.05, 4.69) is 252 Å². The molecule has 0 saturated carbocycles. The molecule has 1 aliphatic rings. The first kappa shape index (κ1) is 35.0. The zero-order chi connectivity index (χ0) is 40.3. The third-order valence-corrected chi connectivity index (χ3v) is 12.9. The summed E-state index contributed by atoms with van der Waals surface area (Å²) in [5.74, 6) is 0. The normalized spacial score (nSPS) is 12.7. The van der Waals surface area contributed by atoms with Gasteiger partial charge in [0.05, 0.1) is 16.4 Å². The average Bonchev–Trinajstić information content (AvgIpc) is 3.83. The molecule has 0 saturated heterocycles. The SMILES string of the molecule is c1ccc(-c2ccc(N(c3ccc(C4(c5ccccc5)c5ccccc5-c5ccccc54)cc3)c3ccc4c(c3)c3ccccc3n4-c3ccc4ccccc4c3)cc2)cc1. The molecule has 0 atom stereocenters. The van der Waals surface area contributed by atoms with Gasteiger partial charge in [-0.2, -0.15) is 0 Å². The quantitative estimate of drug-likeness (QED) is 0.156. The van der Waals surface area contributed by atoms with E-state index in [-0.39, 0.29) is 0 Å². The van der Waals surface area contributed by atoms with Gasteiger partial charge in [0.25, 0.3) is 0 Å². The van der Waals surface area contributed by atoms with Crippen molar-refractivity contribution in [1.29, 1.82) is 0 Å². The summed E-state index contributed by atoms with van der Waals surface area (Å²) in [5.41, 5.74) is 16.5. The molecule has 1 aliphatic carbocycles.